The van der Waals surface area contributed by atoms with Crippen LogP contribution in [0.1, 0.15) is 24.4 Å². The molecule has 0 saturated carbocycles. The molecule has 0 radical (unpaired) electrons. The number of nitrogens with two attached hydrogens (primary N) is 1. The van der Waals surface area contributed by atoms with Crippen LogP contribution < -0.4 is 10.5 Å². The highest BCUT2D eigenvalue weighted by molar-refractivity contribution is 6.30. The van der Waals surface area contributed by atoms with E-state index >= 15 is 0 Å². The van der Waals surface area contributed by atoms with E-state index in [1.54, 1.807) is 19.2 Å². The molecule has 0 bridgehead atoms. The van der Waals surface area contributed by atoms with Crippen molar-refractivity contribution >= 4 is 11.6 Å². The summed E-state index contributed by atoms with van der Waals surface area (Å²) in [6, 6.07) is 5.23. The second kappa shape index (κ2) is 5.95. The first-order valence-corrected chi connectivity index (χ1v) is 5.26. The van der Waals surface area contributed by atoms with Gasteiger partial charge in [-0.3, -0.25) is 0 Å². The van der Waals surface area contributed by atoms with E-state index in [0.29, 0.717) is 17.9 Å². The molecule has 0 unspecified atom stereocenters. The molecule has 1 rings (SSSR count). The Labute approximate surface area is 94.8 Å². The Morgan fingerprint density at radius 1 is 1.53 bits per heavy atom. The SMILES string of the molecule is COc1ccc(Cl)cc1[C@@H](N)CCCO. The molecular formula is C11H16ClNO2. The Balaban J connectivity index is 2.85. The summed E-state index contributed by atoms with van der Waals surface area (Å²) in [6.45, 7) is 0.149. The van der Waals surface area contributed by atoms with Gasteiger partial charge >= 0.3 is 0 Å². The van der Waals surface area contributed by atoms with Gasteiger partial charge in [-0.2, -0.15) is 0 Å². The van der Waals surface area contributed by atoms with Gasteiger partial charge in [-0.05, 0) is 31.0 Å². The molecule has 3 N–H and O–H groups in total. The van der Waals surface area contributed by atoms with E-state index in [9.17, 15) is 0 Å². The molecule has 1 atom stereocenters. The number of hydrogen-bond acceptors (Lipinski definition) is 3. The Morgan fingerprint density at radius 2 is 2.27 bits per heavy atom. The van der Waals surface area contributed by atoms with Crippen molar-refractivity contribution in [2.24, 2.45) is 5.73 Å². The van der Waals surface area contributed by atoms with Crippen molar-refractivity contribution in [2.45, 2.75) is 18.9 Å². The fourth-order valence-electron chi connectivity index (χ4n) is 1.46. The minimum atomic E-state index is -0.147. The van der Waals surface area contributed by atoms with Gasteiger partial charge in [-0.1, -0.05) is 11.6 Å². The van der Waals surface area contributed by atoms with Crippen LogP contribution in [0.4, 0.5) is 0 Å². The van der Waals surface area contributed by atoms with Crippen LogP contribution in [0, 0.1) is 0 Å². The standard InChI is InChI=1S/C11H16ClNO2/c1-15-11-5-4-8(12)7-9(11)10(13)3-2-6-14/h4-5,7,10,14H,2-3,6,13H2,1H3/t10-/m0/s1. The van der Waals surface area contributed by atoms with Crippen LogP contribution in [-0.2, 0) is 0 Å². The second-order valence-electron chi connectivity index (χ2n) is 3.36. The first-order valence-electron chi connectivity index (χ1n) is 4.89. The first-order chi connectivity index (χ1) is 7.19. The van der Waals surface area contributed by atoms with Gasteiger partial charge in [0, 0.05) is 23.2 Å². The van der Waals surface area contributed by atoms with Crippen molar-refractivity contribution in [3.05, 3.63) is 28.8 Å². The molecule has 3 nitrogen and oxygen atoms in total. The van der Waals surface area contributed by atoms with Gasteiger partial charge in [-0.15, -0.1) is 0 Å². The first kappa shape index (κ1) is 12.3. The lowest BCUT2D eigenvalue weighted by atomic mass is 10.0. The average molecular weight is 230 g/mol. The zero-order chi connectivity index (χ0) is 11.3. The monoisotopic (exact) mass is 229 g/mol. The normalized spacial score (nSPS) is 12.5. The zero-order valence-electron chi connectivity index (χ0n) is 8.74. The Bertz CT molecular complexity index is 317. The van der Waals surface area contributed by atoms with Gasteiger partial charge < -0.3 is 15.6 Å². The molecule has 0 aliphatic rings. The van der Waals surface area contributed by atoms with E-state index < -0.39 is 0 Å². The highest BCUT2D eigenvalue weighted by atomic mass is 35.5. The summed E-state index contributed by atoms with van der Waals surface area (Å²) in [5, 5.41) is 9.37. The summed E-state index contributed by atoms with van der Waals surface area (Å²) in [6.07, 6.45) is 1.39. The van der Waals surface area contributed by atoms with Crippen LogP contribution in [-0.4, -0.2) is 18.8 Å². The Morgan fingerprint density at radius 3 is 2.87 bits per heavy atom. The van der Waals surface area contributed by atoms with Crippen molar-refractivity contribution in [1.82, 2.24) is 0 Å². The molecule has 15 heavy (non-hydrogen) atoms. The Kier molecular flexibility index (Phi) is 4.88. The predicted molar refractivity (Wildman–Crippen MR) is 61.3 cm³/mol. The summed E-state index contributed by atoms with van der Waals surface area (Å²) in [5.41, 5.74) is 6.86. The van der Waals surface area contributed by atoms with Crippen molar-refractivity contribution in [1.29, 1.82) is 0 Å². The number of aliphatic hydroxyl groups excluding tert-OH is 1. The molecule has 0 saturated heterocycles. The lowest BCUT2D eigenvalue weighted by molar-refractivity contribution is 0.279. The molecule has 4 heteroatoms. The summed E-state index contributed by atoms with van der Waals surface area (Å²) in [7, 11) is 1.60. The predicted octanol–water partition coefficient (Wildman–Crippen LogP) is 2.12. The van der Waals surface area contributed by atoms with E-state index in [2.05, 4.69) is 0 Å². The van der Waals surface area contributed by atoms with E-state index in [4.69, 9.17) is 27.2 Å². The van der Waals surface area contributed by atoms with Gasteiger partial charge in [0.25, 0.3) is 0 Å². The minimum absolute atomic E-state index is 0.147. The number of ether oxygens (including phenoxy) is 1. The fourth-order valence-corrected chi connectivity index (χ4v) is 1.64. The number of hydrogen-bond donors (Lipinski definition) is 2. The van der Waals surface area contributed by atoms with Crippen molar-refractivity contribution < 1.29 is 9.84 Å². The molecular weight excluding hydrogens is 214 g/mol. The highest BCUT2D eigenvalue weighted by Crippen LogP contribution is 2.29. The maximum atomic E-state index is 8.73. The quantitative estimate of drug-likeness (QED) is 0.813. The second-order valence-corrected chi connectivity index (χ2v) is 3.80. The third kappa shape index (κ3) is 3.38. The lowest BCUT2D eigenvalue weighted by Gasteiger charge is -2.15. The molecule has 0 spiro atoms. The van der Waals surface area contributed by atoms with Gasteiger partial charge in [0.15, 0.2) is 0 Å². The van der Waals surface area contributed by atoms with Crippen molar-refractivity contribution in [3.63, 3.8) is 0 Å². The van der Waals surface area contributed by atoms with Crippen LogP contribution in [0.25, 0.3) is 0 Å². The van der Waals surface area contributed by atoms with Crippen LogP contribution in [0.2, 0.25) is 5.02 Å². The van der Waals surface area contributed by atoms with E-state index in [-0.39, 0.29) is 12.6 Å². The van der Waals surface area contributed by atoms with Gasteiger partial charge in [0.2, 0.25) is 0 Å². The van der Waals surface area contributed by atoms with Crippen molar-refractivity contribution in [2.75, 3.05) is 13.7 Å². The summed E-state index contributed by atoms with van der Waals surface area (Å²) >= 11 is 5.89. The van der Waals surface area contributed by atoms with Gasteiger partial charge in [0.05, 0.1) is 7.11 Å². The number of aliphatic hydroxyl groups is 1. The highest BCUT2D eigenvalue weighted by Gasteiger charge is 2.11. The molecule has 0 aromatic heterocycles. The summed E-state index contributed by atoms with van der Waals surface area (Å²) in [5.74, 6) is 0.741. The molecule has 0 aliphatic carbocycles. The van der Waals surface area contributed by atoms with E-state index in [1.807, 2.05) is 6.07 Å². The summed E-state index contributed by atoms with van der Waals surface area (Å²) in [4.78, 5) is 0. The largest absolute Gasteiger partial charge is 0.496 e. The van der Waals surface area contributed by atoms with Gasteiger partial charge in [-0.25, -0.2) is 0 Å². The van der Waals surface area contributed by atoms with E-state index in [1.165, 1.54) is 0 Å². The Hall–Kier alpha value is -0.770. The number of halogens is 1. The van der Waals surface area contributed by atoms with Crippen LogP contribution in [0.3, 0.4) is 0 Å². The van der Waals surface area contributed by atoms with Crippen molar-refractivity contribution in [3.8, 4) is 5.75 Å². The zero-order valence-corrected chi connectivity index (χ0v) is 9.50. The summed E-state index contributed by atoms with van der Waals surface area (Å²) < 4.78 is 5.20. The van der Waals surface area contributed by atoms with E-state index in [0.717, 1.165) is 11.3 Å². The smallest absolute Gasteiger partial charge is 0.123 e. The topological polar surface area (TPSA) is 55.5 Å². The fraction of sp³-hybridized carbons (Fsp3) is 0.455. The maximum absolute atomic E-state index is 8.73. The van der Waals surface area contributed by atoms with Crippen LogP contribution in [0.5, 0.6) is 5.75 Å². The average Bonchev–Trinajstić information content (AvgIpc) is 2.25. The molecule has 0 fully saturated rings. The third-order valence-electron chi connectivity index (χ3n) is 2.26. The minimum Gasteiger partial charge on any atom is -0.496 e. The molecule has 0 aliphatic heterocycles. The van der Waals surface area contributed by atoms with Gasteiger partial charge in [0.1, 0.15) is 5.75 Å². The molecule has 1 aromatic carbocycles. The number of methoxy groups -OCH3 is 1. The number of benzene rings is 1. The molecule has 0 amide bonds. The molecule has 0 heterocycles. The van der Waals surface area contributed by atoms with Crippen LogP contribution in [0.15, 0.2) is 18.2 Å². The van der Waals surface area contributed by atoms with Crippen LogP contribution >= 0.6 is 11.6 Å². The molecule has 84 valence electrons. The molecule has 1 aromatic rings. The number of rotatable bonds is 5. The third-order valence-corrected chi connectivity index (χ3v) is 2.50. The maximum Gasteiger partial charge on any atom is 0.123 e. The lowest BCUT2D eigenvalue weighted by Crippen LogP contribution is -2.12.